The molecule has 1 saturated heterocycles. The summed E-state index contributed by atoms with van der Waals surface area (Å²) in [7, 11) is 0. The van der Waals surface area contributed by atoms with Crippen molar-refractivity contribution in [2.75, 3.05) is 6.54 Å². The van der Waals surface area contributed by atoms with Crippen molar-refractivity contribution < 1.29 is 0 Å². The minimum Gasteiger partial charge on any atom is -0.327 e. The SMILES string of the molecule is CC(N)C1CCCCN1Cc1ccc(Br)cc1Cl. The molecule has 1 heterocycles. The fourth-order valence-electron chi connectivity index (χ4n) is 2.68. The van der Waals surface area contributed by atoms with Crippen molar-refractivity contribution in [2.45, 2.75) is 44.8 Å². The molecule has 18 heavy (non-hydrogen) atoms. The molecule has 0 saturated carbocycles. The van der Waals surface area contributed by atoms with Gasteiger partial charge in [0.1, 0.15) is 0 Å². The molecule has 1 aromatic carbocycles. The van der Waals surface area contributed by atoms with Crippen LogP contribution in [-0.2, 0) is 6.54 Å². The Bertz CT molecular complexity index is 409. The summed E-state index contributed by atoms with van der Waals surface area (Å²) in [5.74, 6) is 0. The van der Waals surface area contributed by atoms with Crippen LogP contribution >= 0.6 is 27.5 Å². The van der Waals surface area contributed by atoms with Gasteiger partial charge in [-0.05, 0) is 44.0 Å². The van der Waals surface area contributed by atoms with Gasteiger partial charge in [-0.3, -0.25) is 4.90 Å². The first-order valence-electron chi connectivity index (χ1n) is 6.51. The van der Waals surface area contributed by atoms with Crippen molar-refractivity contribution in [1.82, 2.24) is 4.90 Å². The number of likely N-dealkylation sites (tertiary alicyclic amines) is 1. The predicted molar refractivity (Wildman–Crippen MR) is 80.9 cm³/mol. The molecule has 2 N–H and O–H groups in total. The van der Waals surface area contributed by atoms with Gasteiger partial charge in [-0.25, -0.2) is 0 Å². The molecular weight excluding hydrogens is 312 g/mol. The molecule has 0 aromatic heterocycles. The zero-order chi connectivity index (χ0) is 13.1. The molecule has 0 bridgehead atoms. The van der Waals surface area contributed by atoms with E-state index in [0.29, 0.717) is 6.04 Å². The highest BCUT2D eigenvalue weighted by Gasteiger charge is 2.25. The van der Waals surface area contributed by atoms with E-state index < -0.39 is 0 Å². The highest BCUT2D eigenvalue weighted by molar-refractivity contribution is 9.10. The molecule has 1 fully saturated rings. The Hall–Kier alpha value is -0.0900. The standard InChI is InChI=1S/C14H20BrClN2/c1-10(17)14-4-2-3-7-18(14)9-11-5-6-12(15)8-13(11)16/h5-6,8,10,14H,2-4,7,9,17H2,1H3. The third-order valence-electron chi connectivity index (χ3n) is 3.66. The van der Waals surface area contributed by atoms with E-state index in [1.807, 2.05) is 12.1 Å². The minimum atomic E-state index is 0.222. The number of halogens is 2. The summed E-state index contributed by atoms with van der Waals surface area (Å²) in [6, 6.07) is 6.81. The van der Waals surface area contributed by atoms with Crippen molar-refractivity contribution in [3.63, 3.8) is 0 Å². The lowest BCUT2D eigenvalue weighted by molar-refractivity contribution is 0.123. The van der Waals surface area contributed by atoms with Gasteiger partial charge >= 0.3 is 0 Å². The molecule has 2 unspecified atom stereocenters. The van der Waals surface area contributed by atoms with E-state index in [2.05, 4.69) is 33.8 Å². The van der Waals surface area contributed by atoms with Gasteiger partial charge in [0, 0.05) is 28.1 Å². The predicted octanol–water partition coefficient (Wildman–Crippen LogP) is 3.80. The van der Waals surface area contributed by atoms with Crippen LogP contribution in [0.25, 0.3) is 0 Å². The Morgan fingerprint density at radius 2 is 2.28 bits per heavy atom. The highest BCUT2D eigenvalue weighted by Crippen LogP contribution is 2.26. The number of hydrogen-bond acceptors (Lipinski definition) is 2. The Balaban J connectivity index is 2.11. The first kappa shape index (κ1) is 14.3. The molecule has 0 aliphatic carbocycles. The van der Waals surface area contributed by atoms with Gasteiger partial charge in [-0.1, -0.05) is 40.0 Å². The van der Waals surface area contributed by atoms with Gasteiger partial charge < -0.3 is 5.73 Å². The molecular formula is C14H20BrClN2. The molecule has 0 spiro atoms. The average molecular weight is 332 g/mol. The van der Waals surface area contributed by atoms with Crippen molar-refractivity contribution in [1.29, 1.82) is 0 Å². The summed E-state index contributed by atoms with van der Waals surface area (Å²) in [4.78, 5) is 2.48. The van der Waals surface area contributed by atoms with Crippen LogP contribution in [-0.4, -0.2) is 23.5 Å². The molecule has 1 aliphatic rings. The molecule has 1 aliphatic heterocycles. The van der Waals surface area contributed by atoms with Crippen molar-refractivity contribution in [2.24, 2.45) is 5.73 Å². The number of benzene rings is 1. The van der Waals surface area contributed by atoms with Crippen molar-refractivity contribution in [3.8, 4) is 0 Å². The molecule has 2 rings (SSSR count). The van der Waals surface area contributed by atoms with Crippen LogP contribution < -0.4 is 5.73 Å². The molecule has 0 radical (unpaired) electrons. The van der Waals surface area contributed by atoms with E-state index in [4.69, 9.17) is 17.3 Å². The van der Waals surface area contributed by atoms with Crippen molar-refractivity contribution >= 4 is 27.5 Å². The third-order valence-corrected chi connectivity index (χ3v) is 4.50. The minimum absolute atomic E-state index is 0.222. The first-order valence-corrected chi connectivity index (χ1v) is 7.68. The van der Waals surface area contributed by atoms with E-state index >= 15 is 0 Å². The summed E-state index contributed by atoms with van der Waals surface area (Å²) < 4.78 is 1.03. The Morgan fingerprint density at radius 3 is 2.94 bits per heavy atom. The highest BCUT2D eigenvalue weighted by atomic mass is 79.9. The largest absolute Gasteiger partial charge is 0.327 e. The lowest BCUT2D eigenvalue weighted by Gasteiger charge is -2.38. The number of piperidine rings is 1. The molecule has 4 heteroatoms. The lowest BCUT2D eigenvalue weighted by atomic mass is 9.96. The number of nitrogens with two attached hydrogens (primary N) is 1. The maximum atomic E-state index is 6.29. The molecule has 2 nitrogen and oxygen atoms in total. The van der Waals surface area contributed by atoms with Crippen LogP contribution in [0.3, 0.4) is 0 Å². The fourth-order valence-corrected chi connectivity index (χ4v) is 3.41. The second-order valence-corrected chi connectivity index (χ2v) is 6.45. The van der Waals surface area contributed by atoms with Crippen LogP contribution in [0.5, 0.6) is 0 Å². The number of hydrogen-bond donors (Lipinski definition) is 1. The zero-order valence-electron chi connectivity index (χ0n) is 10.7. The smallest absolute Gasteiger partial charge is 0.0462 e. The van der Waals surface area contributed by atoms with E-state index in [1.54, 1.807) is 0 Å². The third kappa shape index (κ3) is 3.47. The monoisotopic (exact) mass is 330 g/mol. The summed E-state index contributed by atoms with van der Waals surface area (Å²) in [6.07, 6.45) is 3.75. The Kier molecular flexibility index (Phi) is 5.07. The van der Waals surface area contributed by atoms with Gasteiger partial charge in [0.2, 0.25) is 0 Å². The van der Waals surface area contributed by atoms with Gasteiger partial charge in [0.05, 0.1) is 0 Å². The van der Waals surface area contributed by atoms with E-state index in [9.17, 15) is 0 Å². The van der Waals surface area contributed by atoms with Gasteiger partial charge in [0.25, 0.3) is 0 Å². The zero-order valence-corrected chi connectivity index (χ0v) is 13.0. The van der Waals surface area contributed by atoms with E-state index in [1.165, 1.54) is 24.8 Å². The van der Waals surface area contributed by atoms with Gasteiger partial charge in [-0.2, -0.15) is 0 Å². The quantitative estimate of drug-likeness (QED) is 0.912. The van der Waals surface area contributed by atoms with Crippen LogP contribution in [0.1, 0.15) is 31.7 Å². The summed E-state index contributed by atoms with van der Waals surface area (Å²) in [5.41, 5.74) is 7.28. The lowest BCUT2D eigenvalue weighted by Crippen LogP contribution is -2.48. The molecule has 2 atom stereocenters. The Morgan fingerprint density at radius 1 is 1.50 bits per heavy atom. The molecule has 100 valence electrons. The normalized spacial score (nSPS) is 23.0. The topological polar surface area (TPSA) is 29.3 Å². The second kappa shape index (κ2) is 6.38. The van der Waals surface area contributed by atoms with Crippen molar-refractivity contribution in [3.05, 3.63) is 33.3 Å². The van der Waals surface area contributed by atoms with E-state index in [-0.39, 0.29) is 6.04 Å². The maximum absolute atomic E-state index is 6.29. The molecule has 1 aromatic rings. The van der Waals surface area contributed by atoms with Crippen LogP contribution in [0.2, 0.25) is 5.02 Å². The second-order valence-electron chi connectivity index (χ2n) is 5.13. The van der Waals surface area contributed by atoms with Gasteiger partial charge in [0.15, 0.2) is 0 Å². The fraction of sp³-hybridized carbons (Fsp3) is 0.571. The van der Waals surface area contributed by atoms with Crippen LogP contribution in [0.15, 0.2) is 22.7 Å². The van der Waals surface area contributed by atoms with Crippen LogP contribution in [0.4, 0.5) is 0 Å². The maximum Gasteiger partial charge on any atom is 0.0462 e. The summed E-state index contributed by atoms with van der Waals surface area (Å²) in [6.45, 7) is 4.13. The molecule has 0 amide bonds. The summed E-state index contributed by atoms with van der Waals surface area (Å²) in [5, 5.41) is 0.832. The number of rotatable bonds is 3. The van der Waals surface area contributed by atoms with Crippen LogP contribution in [0, 0.1) is 0 Å². The summed E-state index contributed by atoms with van der Waals surface area (Å²) >= 11 is 9.73. The Labute approximate surface area is 123 Å². The van der Waals surface area contributed by atoms with E-state index in [0.717, 1.165) is 22.6 Å². The van der Waals surface area contributed by atoms with Gasteiger partial charge in [-0.15, -0.1) is 0 Å². The average Bonchev–Trinajstić information content (AvgIpc) is 2.33. The first-order chi connectivity index (χ1) is 8.58. The number of nitrogens with zero attached hydrogens (tertiary/aromatic N) is 1.